The van der Waals surface area contributed by atoms with Crippen molar-refractivity contribution in [3.63, 3.8) is 0 Å². The largest absolute Gasteiger partial charge is 0.373 e. The van der Waals surface area contributed by atoms with Crippen LogP contribution in [0, 0.1) is 5.82 Å². The first kappa shape index (κ1) is 15.2. The molecule has 0 aliphatic carbocycles. The average molecular weight is 288 g/mol. The van der Waals surface area contributed by atoms with E-state index in [0.29, 0.717) is 5.56 Å². The Hall–Kier alpha value is -2.17. The first-order valence-electron chi connectivity index (χ1n) is 7.08. The molecule has 5 heteroatoms. The molecular formula is C16H21FN4. The Morgan fingerprint density at radius 2 is 1.71 bits per heavy atom. The van der Waals surface area contributed by atoms with E-state index in [1.807, 2.05) is 20.0 Å². The molecule has 2 N–H and O–H groups in total. The number of anilines is 2. The summed E-state index contributed by atoms with van der Waals surface area (Å²) in [4.78, 5) is 8.56. The highest BCUT2D eigenvalue weighted by atomic mass is 19.1. The topological polar surface area (TPSA) is 49.8 Å². The third-order valence-electron chi connectivity index (χ3n) is 3.42. The Kier molecular flexibility index (Phi) is 4.73. The lowest BCUT2D eigenvalue weighted by Gasteiger charge is -2.21. The number of rotatable bonds is 5. The van der Waals surface area contributed by atoms with E-state index < -0.39 is 0 Å². The second kappa shape index (κ2) is 6.52. The summed E-state index contributed by atoms with van der Waals surface area (Å²) in [6.07, 6.45) is 1.51. The van der Waals surface area contributed by atoms with Crippen LogP contribution < -0.4 is 10.6 Å². The van der Waals surface area contributed by atoms with E-state index in [2.05, 4.69) is 34.4 Å². The van der Waals surface area contributed by atoms with Crippen LogP contribution >= 0.6 is 0 Å². The van der Waals surface area contributed by atoms with Crippen LogP contribution in [0.2, 0.25) is 0 Å². The summed E-state index contributed by atoms with van der Waals surface area (Å²) in [5.41, 5.74) is 1.63. The van der Waals surface area contributed by atoms with E-state index in [4.69, 9.17) is 0 Å². The molecule has 1 atom stereocenters. The van der Waals surface area contributed by atoms with Crippen molar-refractivity contribution in [3.05, 3.63) is 47.5 Å². The van der Waals surface area contributed by atoms with E-state index >= 15 is 0 Å². The predicted octanol–water partition coefficient (Wildman–Crippen LogP) is 3.95. The maximum atomic E-state index is 13.9. The van der Waals surface area contributed by atoms with Crippen LogP contribution in [0.25, 0.3) is 0 Å². The molecule has 1 aromatic heterocycles. The van der Waals surface area contributed by atoms with Crippen molar-refractivity contribution >= 4 is 11.6 Å². The van der Waals surface area contributed by atoms with Gasteiger partial charge in [-0.1, -0.05) is 32.0 Å². The number of nitrogens with one attached hydrogen (secondary N) is 2. The fraction of sp³-hybridized carbons (Fsp3) is 0.375. The van der Waals surface area contributed by atoms with Crippen LogP contribution in [0.5, 0.6) is 0 Å². The standard InChI is InChI=1S/C16H21FN4/c1-10(2)14-15(18-4)19-9-20-16(14)21-11(3)12-7-5-6-8-13(12)17/h5-11H,1-4H3,(H2,18,19,20,21). The summed E-state index contributed by atoms with van der Waals surface area (Å²) >= 11 is 0. The van der Waals surface area contributed by atoms with E-state index in [0.717, 1.165) is 17.2 Å². The first-order valence-corrected chi connectivity index (χ1v) is 7.08. The highest BCUT2D eigenvalue weighted by Gasteiger charge is 2.17. The van der Waals surface area contributed by atoms with Gasteiger partial charge in [0, 0.05) is 18.2 Å². The molecule has 0 amide bonds. The number of hydrogen-bond acceptors (Lipinski definition) is 4. The quantitative estimate of drug-likeness (QED) is 0.874. The van der Waals surface area contributed by atoms with Gasteiger partial charge >= 0.3 is 0 Å². The van der Waals surface area contributed by atoms with Gasteiger partial charge in [-0.15, -0.1) is 0 Å². The van der Waals surface area contributed by atoms with Crippen LogP contribution in [-0.2, 0) is 0 Å². The smallest absolute Gasteiger partial charge is 0.135 e. The molecule has 2 aromatic rings. The second-order valence-corrected chi connectivity index (χ2v) is 5.28. The molecule has 1 heterocycles. The van der Waals surface area contributed by atoms with Crippen molar-refractivity contribution in [2.45, 2.75) is 32.7 Å². The molecule has 2 rings (SSSR count). The molecule has 4 nitrogen and oxygen atoms in total. The molecule has 0 fully saturated rings. The number of benzene rings is 1. The van der Waals surface area contributed by atoms with Gasteiger partial charge in [-0.25, -0.2) is 14.4 Å². The number of nitrogens with zero attached hydrogens (tertiary/aromatic N) is 2. The number of halogens is 1. The van der Waals surface area contributed by atoms with Crippen molar-refractivity contribution in [1.82, 2.24) is 9.97 Å². The Bertz CT molecular complexity index is 613. The highest BCUT2D eigenvalue weighted by molar-refractivity contribution is 5.59. The van der Waals surface area contributed by atoms with Gasteiger partial charge in [0.2, 0.25) is 0 Å². The van der Waals surface area contributed by atoms with Gasteiger partial charge in [-0.3, -0.25) is 0 Å². The molecule has 0 aliphatic rings. The van der Waals surface area contributed by atoms with E-state index in [1.54, 1.807) is 12.1 Å². The van der Waals surface area contributed by atoms with Crippen LogP contribution in [0.4, 0.5) is 16.0 Å². The second-order valence-electron chi connectivity index (χ2n) is 5.28. The lowest BCUT2D eigenvalue weighted by atomic mass is 10.0. The maximum absolute atomic E-state index is 13.9. The molecular weight excluding hydrogens is 267 g/mol. The Morgan fingerprint density at radius 1 is 1.05 bits per heavy atom. The lowest BCUT2D eigenvalue weighted by Crippen LogP contribution is -2.14. The van der Waals surface area contributed by atoms with Crippen molar-refractivity contribution in [3.8, 4) is 0 Å². The van der Waals surface area contributed by atoms with Crippen molar-refractivity contribution in [2.24, 2.45) is 0 Å². The summed E-state index contributed by atoms with van der Waals surface area (Å²) in [5.74, 6) is 1.57. The Labute approximate surface area is 124 Å². The molecule has 0 saturated heterocycles. The Balaban J connectivity index is 2.33. The summed E-state index contributed by atoms with van der Waals surface area (Å²) in [5, 5.41) is 6.37. The van der Waals surface area contributed by atoms with Gasteiger partial charge in [-0.2, -0.15) is 0 Å². The summed E-state index contributed by atoms with van der Waals surface area (Å²) in [7, 11) is 1.83. The van der Waals surface area contributed by atoms with Crippen LogP contribution in [-0.4, -0.2) is 17.0 Å². The third kappa shape index (κ3) is 3.29. The number of hydrogen-bond donors (Lipinski definition) is 2. The zero-order valence-electron chi connectivity index (χ0n) is 12.8. The predicted molar refractivity (Wildman–Crippen MR) is 84.1 cm³/mol. The molecule has 21 heavy (non-hydrogen) atoms. The van der Waals surface area contributed by atoms with Crippen LogP contribution in [0.15, 0.2) is 30.6 Å². The van der Waals surface area contributed by atoms with Gasteiger partial charge in [-0.05, 0) is 18.9 Å². The van der Waals surface area contributed by atoms with Gasteiger partial charge < -0.3 is 10.6 Å². The average Bonchev–Trinajstić information content (AvgIpc) is 2.46. The van der Waals surface area contributed by atoms with Gasteiger partial charge in [0.25, 0.3) is 0 Å². The fourth-order valence-corrected chi connectivity index (χ4v) is 2.37. The van der Waals surface area contributed by atoms with Gasteiger partial charge in [0.05, 0.1) is 6.04 Å². The summed E-state index contributed by atoms with van der Waals surface area (Å²) in [6.45, 7) is 6.08. The van der Waals surface area contributed by atoms with E-state index in [-0.39, 0.29) is 17.8 Å². The van der Waals surface area contributed by atoms with Crippen LogP contribution in [0.1, 0.15) is 43.9 Å². The first-order chi connectivity index (χ1) is 10.0. The van der Waals surface area contributed by atoms with Gasteiger partial charge in [0.1, 0.15) is 23.8 Å². The van der Waals surface area contributed by atoms with Crippen molar-refractivity contribution in [1.29, 1.82) is 0 Å². The minimum Gasteiger partial charge on any atom is -0.373 e. The molecule has 1 aromatic carbocycles. The van der Waals surface area contributed by atoms with E-state index in [9.17, 15) is 4.39 Å². The SMILES string of the molecule is CNc1ncnc(NC(C)c2ccccc2F)c1C(C)C. The number of aromatic nitrogens is 2. The zero-order valence-corrected chi connectivity index (χ0v) is 12.8. The van der Waals surface area contributed by atoms with Gasteiger partial charge in [0.15, 0.2) is 0 Å². The van der Waals surface area contributed by atoms with Crippen molar-refractivity contribution in [2.75, 3.05) is 17.7 Å². The van der Waals surface area contributed by atoms with E-state index in [1.165, 1.54) is 12.4 Å². The fourth-order valence-electron chi connectivity index (χ4n) is 2.37. The van der Waals surface area contributed by atoms with Crippen molar-refractivity contribution < 1.29 is 4.39 Å². The third-order valence-corrected chi connectivity index (χ3v) is 3.42. The van der Waals surface area contributed by atoms with Crippen LogP contribution in [0.3, 0.4) is 0 Å². The maximum Gasteiger partial charge on any atom is 0.135 e. The highest BCUT2D eigenvalue weighted by Crippen LogP contribution is 2.30. The molecule has 0 bridgehead atoms. The minimum absolute atomic E-state index is 0.177. The molecule has 112 valence electrons. The molecule has 0 aliphatic heterocycles. The molecule has 1 unspecified atom stereocenters. The normalized spacial score (nSPS) is 12.3. The Morgan fingerprint density at radius 3 is 2.33 bits per heavy atom. The summed E-state index contributed by atoms with van der Waals surface area (Å²) in [6, 6.07) is 6.59. The monoisotopic (exact) mass is 288 g/mol. The molecule has 0 saturated carbocycles. The molecule has 0 spiro atoms. The molecule has 0 radical (unpaired) electrons. The zero-order chi connectivity index (χ0) is 15.4. The lowest BCUT2D eigenvalue weighted by molar-refractivity contribution is 0.599. The summed E-state index contributed by atoms with van der Waals surface area (Å²) < 4.78 is 13.9. The minimum atomic E-state index is -0.216.